The van der Waals surface area contributed by atoms with Gasteiger partial charge in [-0.15, -0.1) is 0 Å². The van der Waals surface area contributed by atoms with Crippen molar-refractivity contribution in [1.29, 1.82) is 5.26 Å². The molecule has 1 saturated carbocycles. The van der Waals surface area contributed by atoms with E-state index in [9.17, 15) is 10.1 Å². The third kappa shape index (κ3) is 3.97. The fraction of sp³-hybridized carbons (Fsp3) is 0.458. The number of hydrogen-bond acceptors (Lipinski definition) is 7. The van der Waals surface area contributed by atoms with Crippen molar-refractivity contribution in [3.63, 3.8) is 0 Å². The number of carbonyl (C=O) groups is 1. The van der Waals surface area contributed by atoms with E-state index < -0.39 is 0 Å². The Kier molecular flexibility index (Phi) is 5.36. The van der Waals surface area contributed by atoms with Crippen molar-refractivity contribution >= 4 is 22.9 Å². The summed E-state index contributed by atoms with van der Waals surface area (Å²) in [5.41, 5.74) is 2.57. The SMILES string of the molecule is CC(C)OC(=O)N1CCN(c2ncnc3c2c(C2CC2)cn3-c2cc(C#N)ccn2)C(C)C1. The molecule has 2 aliphatic rings. The Morgan fingerprint density at radius 3 is 2.76 bits per heavy atom. The molecule has 9 nitrogen and oxygen atoms in total. The molecule has 33 heavy (non-hydrogen) atoms. The average molecular weight is 446 g/mol. The predicted molar refractivity (Wildman–Crippen MR) is 123 cm³/mol. The number of hydrogen-bond donors (Lipinski definition) is 0. The number of carbonyl (C=O) groups excluding carboxylic acids is 1. The molecule has 1 aliphatic heterocycles. The van der Waals surface area contributed by atoms with Crippen LogP contribution in [0.4, 0.5) is 10.6 Å². The number of pyridine rings is 1. The number of anilines is 1. The van der Waals surface area contributed by atoms with E-state index in [4.69, 9.17) is 9.72 Å². The van der Waals surface area contributed by atoms with Crippen LogP contribution in [0.3, 0.4) is 0 Å². The first kappa shape index (κ1) is 21.2. The van der Waals surface area contributed by atoms with Crippen LogP contribution in [-0.2, 0) is 4.74 Å². The topological polar surface area (TPSA) is 100 Å². The van der Waals surface area contributed by atoms with E-state index in [0.29, 0.717) is 36.9 Å². The molecule has 1 unspecified atom stereocenters. The van der Waals surface area contributed by atoms with Crippen LogP contribution in [0.5, 0.6) is 0 Å². The van der Waals surface area contributed by atoms with Crippen molar-refractivity contribution in [2.45, 2.75) is 51.7 Å². The largest absolute Gasteiger partial charge is 0.447 e. The Bertz CT molecular complexity index is 1240. The van der Waals surface area contributed by atoms with Gasteiger partial charge in [-0.25, -0.2) is 19.7 Å². The minimum absolute atomic E-state index is 0.0759. The van der Waals surface area contributed by atoms with Crippen LogP contribution in [0.15, 0.2) is 30.9 Å². The second-order valence-corrected chi connectivity index (χ2v) is 9.06. The van der Waals surface area contributed by atoms with Gasteiger partial charge in [0.05, 0.1) is 23.1 Å². The summed E-state index contributed by atoms with van der Waals surface area (Å²) in [6, 6.07) is 5.73. The smallest absolute Gasteiger partial charge is 0.410 e. The molecule has 0 radical (unpaired) electrons. The molecule has 0 aromatic carbocycles. The van der Waals surface area contributed by atoms with Gasteiger partial charge in [-0.2, -0.15) is 5.26 Å². The van der Waals surface area contributed by atoms with Crippen LogP contribution in [0.2, 0.25) is 0 Å². The first-order valence-corrected chi connectivity index (χ1v) is 11.4. The van der Waals surface area contributed by atoms with Gasteiger partial charge in [0.25, 0.3) is 0 Å². The van der Waals surface area contributed by atoms with Gasteiger partial charge in [0.2, 0.25) is 0 Å². The lowest BCUT2D eigenvalue weighted by atomic mass is 10.1. The van der Waals surface area contributed by atoms with Gasteiger partial charge in [-0.3, -0.25) is 4.57 Å². The molecule has 2 fully saturated rings. The summed E-state index contributed by atoms with van der Waals surface area (Å²) in [6.07, 6.45) is 7.22. The summed E-state index contributed by atoms with van der Waals surface area (Å²) in [5.74, 6) is 2.04. The quantitative estimate of drug-likeness (QED) is 0.605. The molecule has 9 heteroatoms. The molecule has 1 saturated heterocycles. The zero-order chi connectivity index (χ0) is 23.1. The molecular formula is C24H27N7O2. The highest BCUT2D eigenvalue weighted by Gasteiger charge is 2.34. The van der Waals surface area contributed by atoms with Crippen LogP contribution in [-0.4, -0.2) is 62.3 Å². The Balaban J connectivity index is 1.53. The zero-order valence-electron chi connectivity index (χ0n) is 19.1. The summed E-state index contributed by atoms with van der Waals surface area (Å²) in [4.78, 5) is 30.2. The zero-order valence-corrected chi connectivity index (χ0v) is 19.1. The van der Waals surface area contributed by atoms with E-state index in [1.807, 2.05) is 18.4 Å². The third-order valence-corrected chi connectivity index (χ3v) is 6.23. The summed E-state index contributed by atoms with van der Waals surface area (Å²) >= 11 is 0. The van der Waals surface area contributed by atoms with Gasteiger partial charge in [0.1, 0.15) is 18.0 Å². The van der Waals surface area contributed by atoms with Crippen LogP contribution < -0.4 is 4.90 Å². The minimum Gasteiger partial charge on any atom is -0.447 e. The third-order valence-electron chi connectivity index (χ3n) is 6.23. The van der Waals surface area contributed by atoms with E-state index in [0.717, 1.165) is 29.7 Å². The molecule has 5 rings (SSSR count). The number of rotatable bonds is 4. The molecule has 170 valence electrons. The van der Waals surface area contributed by atoms with Crippen LogP contribution in [0.25, 0.3) is 16.9 Å². The van der Waals surface area contributed by atoms with Crippen LogP contribution >= 0.6 is 0 Å². The fourth-order valence-electron chi connectivity index (χ4n) is 4.50. The molecule has 3 aromatic heterocycles. The Morgan fingerprint density at radius 2 is 2.06 bits per heavy atom. The summed E-state index contributed by atoms with van der Waals surface area (Å²) in [6.45, 7) is 7.64. The number of amides is 1. The van der Waals surface area contributed by atoms with Crippen molar-refractivity contribution in [2.24, 2.45) is 0 Å². The summed E-state index contributed by atoms with van der Waals surface area (Å²) in [5, 5.41) is 10.4. The predicted octanol–water partition coefficient (Wildman–Crippen LogP) is 3.62. The van der Waals surface area contributed by atoms with Gasteiger partial charge in [-0.05, 0) is 57.2 Å². The Hall–Kier alpha value is -3.67. The monoisotopic (exact) mass is 445 g/mol. The van der Waals surface area contributed by atoms with E-state index in [1.165, 1.54) is 5.56 Å². The van der Waals surface area contributed by atoms with Crippen LogP contribution in [0.1, 0.15) is 50.7 Å². The maximum Gasteiger partial charge on any atom is 0.410 e. The summed E-state index contributed by atoms with van der Waals surface area (Å²) in [7, 11) is 0. The maximum atomic E-state index is 12.4. The van der Waals surface area contributed by atoms with Crippen molar-refractivity contribution in [2.75, 3.05) is 24.5 Å². The van der Waals surface area contributed by atoms with E-state index in [1.54, 1.807) is 29.6 Å². The number of piperazine rings is 1. The lowest BCUT2D eigenvalue weighted by molar-refractivity contribution is 0.0715. The highest BCUT2D eigenvalue weighted by Crippen LogP contribution is 2.46. The molecule has 3 aromatic rings. The number of fused-ring (bicyclic) bond motifs is 1. The van der Waals surface area contributed by atoms with Crippen molar-refractivity contribution < 1.29 is 9.53 Å². The van der Waals surface area contributed by atoms with Gasteiger partial charge in [-0.1, -0.05) is 0 Å². The lowest BCUT2D eigenvalue weighted by Gasteiger charge is -2.40. The molecular weight excluding hydrogens is 418 g/mol. The van der Waals surface area contributed by atoms with Gasteiger partial charge < -0.3 is 14.5 Å². The number of ether oxygens (including phenoxy) is 1. The lowest BCUT2D eigenvalue weighted by Crippen LogP contribution is -2.54. The van der Waals surface area contributed by atoms with E-state index >= 15 is 0 Å². The first-order chi connectivity index (χ1) is 16.0. The average Bonchev–Trinajstić information content (AvgIpc) is 3.58. The first-order valence-electron chi connectivity index (χ1n) is 11.4. The molecule has 1 aliphatic carbocycles. The van der Waals surface area contributed by atoms with Crippen molar-refractivity contribution in [3.05, 3.63) is 42.0 Å². The highest BCUT2D eigenvalue weighted by atomic mass is 16.6. The summed E-state index contributed by atoms with van der Waals surface area (Å²) < 4.78 is 7.36. The second-order valence-electron chi connectivity index (χ2n) is 9.06. The molecule has 0 bridgehead atoms. The van der Waals surface area contributed by atoms with Gasteiger partial charge in [0, 0.05) is 38.1 Å². The number of nitrogens with zero attached hydrogens (tertiary/aromatic N) is 7. The van der Waals surface area contributed by atoms with Gasteiger partial charge in [0.15, 0.2) is 5.65 Å². The van der Waals surface area contributed by atoms with Gasteiger partial charge >= 0.3 is 6.09 Å². The molecule has 1 amide bonds. The number of nitriles is 1. The highest BCUT2D eigenvalue weighted by molar-refractivity contribution is 5.93. The molecule has 4 heterocycles. The second kappa shape index (κ2) is 8.35. The van der Waals surface area contributed by atoms with Crippen LogP contribution in [0, 0.1) is 11.3 Å². The van der Waals surface area contributed by atoms with E-state index in [2.05, 4.69) is 34.1 Å². The molecule has 0 spiro atoms. The van der Waals surface area contributed by atoms with Crippen molar-refractivity contribution in [3.8, 4) is 11.9 Å². The number of aromatic nitrogens is 4. The standard InChI is InChI=1S/C24H27N7O2/c1-15(2)33-24(32)29-8-9-30(16(3)12-29)22-21-19(18-4-5-18)13-31(23(21)28-14-27-22)20-10-17(11-25)6-7-26-20/h6-7,10,13-16,18H,4-5,8-9,12H2,1-3H3. The Labute approximate surface area is 192 Å². The maximum absolute atomic E-state index is 12.4. The molecule has 0 N–H and O–H groups in total. The normalized spacial score (nSPS) is 18.6. The Morgan fingerprint density at radius 1 is 1.24 bits per heavy atom. The molecule has 1 atom stereocenters. The fourth-order valence-corrected chi connectivity index (χ4v) is 4.50. The van der Waals surface area contributed by atoms with Crippen molar-refractivity contribution in [1.82, 2.24) is 24.4 Å². The van der Waals surface area contributed by atoms with E-state index in [-0.39, 0.29) is 18.2 Å². The minimum atomic E-state index is -0.266.